The Morgan fingerprint density at radius 1 is 1.53 bits per heavy atom. The topological polar surface area (TPSA) is 41.1 Å². The van der Waals surface area contributed by atoms with Crippen LogP contribution in [-0.4, -0.2) is 25.0 Å². The third-order valence-electron chi connectivity index (χ3n) is 3.31. The third kappa shape index (κ3) is 3.30. The van der Waals surface area contributed by atoms with Crippen LogP contribution >= 0.6 is 11.3 Å². The summed E-state index contributed by atoms with van der Waals surface area (Å²) in [5.74, 6) is 0.0681. The molecule has 1 fully saturated rings. The summed E-state index contributed by atoms with van der Waals surface area (Å²) in [6, 6.07) is 2.43. The first kappa shape index (κ1) is 12.6. The number of rotatable bonds is 3. The predicted octanol–water partition coefficient (Wildman–Crippen LogP) is 2.24. The Morgan fingerprint density at radius 2 is 2.35 bits per heavy atom. The van der Waals surface area contributed by atoms with Gasteiger partial charge < -0.3 is 10.6 Å². The van der Waals surface area contributed by atoms with Crippen molar-refractivity contribution < 1.29 is 4.79 Å². The van der Waals surface area contributed by atoms with Crippen molar-refractivity contribution >= 4 is 17.2 Å². The van der Waals surface area contributed by atoms with E-state index in [0.717, 1.165) is 18.0 Å². The molecule has 1 unspecified atom stereocenters. The van der Waals surface area contributed by atoms with Crippen molar-refractivity contribution in [2.24, 2.45) is 0 Å². The highest BCUT2D eigenvalue weighted by atomic mass is 32.1. The van der Waals surface area contributed by atoms with Crippen LogP contribution in [0.4, 0.5) is 0 Å². The van der Waals surface area contributed by atoms with Crippen LogP contribution in [0, 0.1) is 13.8 Å². The molecule has 4 heteroatoms. The molecule has 1 aromatic rings. The molecule has 1 aliphatic rings. The van der Waals surface area contributed by atoms with Gasteiger partial charge in [-0.05, 0) is 44.9 Å². The van der Waals surface area contributed by atoms with Gasteiger partial charge in [0.1, 0.15) is 0 Å². The van der Waals surface area contributed by atoms with E-state index in [4.69, 9.17) is 0 Å². The van der Waals surface area contributed by atoms with E-state index in [-0.39, 0.29) is 5.91 Å². The molecule has 0 aliphatic carbocycles. The van der Waals surface area contributed by atoms with Crippen molar-refractivity contribution in [3.8, 4) is 0 Å². The van der Waals surface area contributed by atoms with Crippen LogP contribution in [0.5, 0.6) is 0 Å². The number of aryl methyl sites for hydroxylation is 2. The van der Waals surface area contributed by atoms with Gasteiger partial charge in [0.05, 0.1) is 4.88 Å². The molecule has 1 atom stereocenters. The van der Waals surface area contributed by atoms with Gasteiger partial charge in [0.25, 0.3) is 5.91 Å². The highest BCUT2D eigenvalue weighted by Gasteiger charge is 2.15. The third-order valence-corrected chi connectivity index (χ3v) is 4.46. The molecule has 0 bridgehead atoms. The molecule has 2 rings (SSSR count). The summed E-state index contributed by atoms with van der Waals surface area (Å²) < 4.78 is 0. The molecule has 0 aromatic carbocycles. The Kier molecular flexibility index (Phi) is 4.18. The monoisotopic (exact) mass is 252 g/mol. The Labute approximate surface area is 107 Å². The number of hydrogen-bond acceptors (Lipinski definition) is 3. The lowest BCUT2D eigenvalue weighted by Gasteiger charge is -2.23. The number of nitrogens with one attached hydrogen (secondary N) is 2. The summed E-state index contributed by atoms with van der Waals surface area (Å²) in [7, 11) is 0. The Hall–Kier alpha value is -0.870. The van der Waals surface area contributed by atoms with Gasteiger partial charge in [-0.3, -0.25) is 4.79 Å². The van der Waals surface area contributed by atoms with Gasteiger partial charge in [0.2, 0.25) is 0 Å². The highest BCUT2D eigenvalue weighted by Crippen LogP contribution is 2.20. The maximum atomic E-state index is 11.9. The zero-order valence-corrected chi connectivity index (χ0v) is 11.3. The van der Waals surface area contributed by atoms with E-state index in [1.54, 1.807) is 11.3 Å². The van der Waals surface area contributed by atoms with Crippen molar-refractivity contribution in [1.29, 1.82) is 0 Å². The summed E-state index contributed by atoms with van der Waals surface area (Å²) in [6.07, 6.45) is 3.70. The zero-order valence-electron chi connectivity index (χ0n) is 10.5. The van der Waals surface area contributed by atoms with Gasteiger partial charge in [-0.2, -0.15) is 0 Å². The van der Waals surface area contributed by atoms with Gasteiger partial charge >= 0.3 is 0 Å². The molecule has 3 nitrogen and oxygen atoms in total. The minimum Gasteiger partial charge on any atom is -0.350 e. The summed E-state index contributed by atoms with van der Waals surface area (Å²) in [5.41, 5.74) is 1.20. The van der Waals surface area contributed by atoms with E-state index in [1.165, 1.54) is 29.7 Å². The van der Waals surface area contributed by atoms with Crippen molar-refractivity contribution in [3.05, 3.63) is 21.4 Å². The van der Waals surface area contributed by atoms with Crippen LogP contribution in [0.15, 0.2) is 6.07 Å². The number of carbonyl (C=O) groups is 1. The molecular formula is C13H20N2OS. The van der Waals surface area contributed by atoms with E-state index in [0.29, 0.717) is 6.04 Å². The van der Waals surface area contributed by atoms with Crippen LogP contribution in [-0.2, 0) is 0 Å². The fourth-order valence-electron chi connectivity index (χ4n) is 2.09. The first-order chi connectivity index (χ1) is 8.16. The lowest BCUT2D eigenvalue weighted by Crippen LogP contribution is -2.43. The van der Waals surface area contributed by atoms with Gasteiger partial charge in [-0.1, -0.05) is 6.42 Å². The first-order valence-electron chi connectivity index (χ1n) is 6.25. The maximum Gasteiger partial charge on any atom is 0.261 e. The Balaban J connectivity index is 1.84. The van der Waals surface area contributed by atoms with E-state index >= 15 is 0 Å². The van der Waals surface area contributed by atoms with Crippen LogP contribution in [0.25, 0.3) is 0 Å². The molecule has 1 aromatic heterocycles. The lowest BCUT2D eigenvalue weighted by molar-refractivity contribution is 0.0952. The quantitative estimate of drug-likeness (QED) is 0.866. The van der Waals surface area contributed by atoms with Crippen LogP contribution in [0.3, 0.4) is 0 Å². The smallest absolute Gasteiger partial charge is 0.261 e. The largest absolute Gasteiger partial charge is 0.350 e. The van der Waals surface area contributed by atoms with E-state index < -0.39 is 0 Å². The fraction of sp³-hybridized carbons (Fsp3) is 0.615. The van der Waals surface area contributed by atoms with Crippen molar-refractivity contribution in [3.63, 3.8) is 0 Å². The van der Waals surface area contributed by atoms with Crippen molar-refractivity contribution in [2.75, 3.05) is 13.1 Å². The zero-order chi connectivity index (χ0) is 12.3. The van der Waals surface area contributed by atoms with Crippen LogP contribution in [0.1, 0.15) is 39.4 Å². The number of piperidine rings is 1. The van der Waals surface area contributed by atoms with E-state index in [2.05, 4.69) is 17.6 Å². The average Bonchev–Trinajstić information content (AvgIpc) is 2.68. The summed E-state index contributed by atoms with van der Waals surface area (Å²) in [6.45, 7) is 5.93. The van der Waals surface area contributed by atoms with Crippen LogP contribution < -0.4 is 10.6 Å². The van der Waals surface area contributed by atoms with Gasteiger partial charge in [-0.15, -0.1) is 11.3 Å². The Morgan fingerprint density at radius 3 is 2.94 bits per heavy atom. The van der Waals surface area contributed by atoms with Crippen molar-refractivity contribution in [2.45, 2.75) is 39.2 Å². The fourth-order valence-corrected chi connectivity index (χ4v) is 3.04. The number of thiophene rings is 1. The summed E-state index contributed by atoms with van der Waals surface area (Å²) in [4.78, 5) is 14.0. The minimum atomic E-state index is 0.0681. The minimum absolute atomic E-state index is 0.0681. The van der Waals surface area contributed by atoms with E-state index in [9.17, 15) is 4.79 Å². The second-order valence-corrected chi connectivity index (χ2v) is 5.96. The Bertz CT molecular complexity index is 375. The molecule has 2 N–H and O–H groups in total. The normalized spacial score (nSPS) is 20.2. The molecular weight excluding hydrogens is 232 g/mol. The summed E-state index contributed by atoms with van der Waals surface area (Å²) in [5, 5.41) is 6.45. The maximum absolute atomic E-state index is 11.9. The van der Waals surface area contributed by atoms with E-state index in [1.807, 2.05) is 13.0 Å². The highest BCUT2D eigenvalue weighted by molar-refractivity contribution is 7.14. The standard InChI is InChI=1S/C13H20N2OS/c1-9-7-12(17-10(9)2)13(16)15-8-11-5-3-4-6-14-11/h7,11,14H,3-6,8H2,1-2H3,(H,15,16). The molecule has 17 heavy (non-hydrogen) atoms. The van der Waals surface area contributed by atoms with Gasteiger partial charge in [0, 0.05) is 17.5 Å². The SMILES string of the molecule is Cc1cc(C(=O)NCC2CCCCN2)sc1C. The average molecular weight is 252 g/mol. The molecule has 94 valence electrons. The molecule has 0 radical (unpaired) electrons. The van der Waals surface area contributed by atoms with Crippen molar-refractivity contribution in [1.82, 2.24) is 10.6 Å². The number of amides is 1. The first-order valence-corrected chi connectivity index (χ1v) is 7.07. The molecule has 1 amide bonds. The molecule has 0 spiro atoms. The molecule has 0 saturated carbocycles. The predicted molar refractivity (Wildman–Crippen MR) is 71.8 cm³/mol. The number of carbonyl (C=O) groups excluding carboxylic acids is 1. The van der Waals surface area contributed by atoms with Gasteiger partial charge in [-0.25, -0.2) is 0 Å². The summed E-state index contributed by atoms with van der Waals surface area (Å²) >= 11 is 1.58. The molecule has 1 aliphatic heterocycles. The number of hydrogen-bond donors (Lipinski definition) is 2. The second-order valence-electron chi connectivity index (χ2n) is 4.71. The van der Waals surface area contributed by atoms with Crippen LogP contribution in [0.2, 0.25) is 0 Å². The molecule has 2 heterocycles. The second kappa shape index (κ2) is 5.65. The molecule has 1 saturated heterocycles. The lowest BCUT2D eigenvalue weighted by atomic mass is 10.1. The van der Waals surface area contributed by atoms with Gasteiger partial charge in [0.15, 0.2) is 0 Å².